The van der Waals surface area contributed by atoms with Crippen LogP contribution in [0, 0.1) is 0 Å². The Balaban J connectivity index is 1.38. The second-order valence-corrected chi connectivity index (χ2v) is 7.96. The van der Waals surface area contributed by atoms with E-state index in [1.807, 2.05) is 0 Å². The van der Waals surface area contributed by atoms with E-state index in [9.17, 15) is 19.5 Å². The normalized spacial score (nSPS) is 10.3. The number of phenolic OH excluding ortho intramolecular Hbond substituents is 1. The van der Waals surface area contributed by atoms with Crippen LogP contribution in [0.2, 0.25) is 0 Å². The summed E-state index contributed by atoms with van der Waals surface area (Å²) in [4.78, 5) is 35.5. The van der Waals surface area contributed by atoms with Gasteiger partial charge >= 0.3 is 17.9 Å². The van der Waals surface area contributed by atoms with Crippen LogP contribution in [0.25, 0.3) is 0 Å². The van der Waals surface area contributed by atoms with Crippen molar-refractivity contribution in [2.75, 3.05) is 13.2 Å². The van der Waals surface area contributed by atoms with Crippen LogP contribution in [0.3, 0.4) is 0 Å². The second-order valence-electron chi connectivity index (χ2n) is 7.96. The summed E-state index contributed by atoms with van der Waals surface area (Å²) in [5.74, 6) is -0.213. The molecular formula is C29H28O8. The lowest BCUT2D eigenvalue weighted by Crippen LogP contribution is -2.09. The molecule has 0 amide bonds. The Hall–Kier alpha value is -4.59. The highest BCUT2D eigenvalue weighted by molar-refractivity contribution is 5.92. The molecule has 0 heterocycles. The number of carbonyl (C=O) groups excluding carboxylic acids is 3. The largest absolute Gasteiger partial charge is 0.508 e. The minimum absolute atomic E-state index is 0.0545. The van der Waals surface area contributed by atoms with Gasteiger partial charge in [-0.2, -0.15) is 0 Å². The first kappa shape index (κ1) is 27.0. The zero-order valence-corrected chi connectivity index (χ0v) is 20.3. The first-order valence-corrected chi connectivity index (χ1v) is 11.8. The molecule has 0 saturated carbocycles. The molecular weight excluding hydrogens is 476 g/mol. The molecule has 3 rings (SSSR count). The number of benzene rings is 3. The number of ether oxygens (including phenoxy) is 4. The van der Waals surface area contributed by atoms with Gasteiger partial charge in [0.1, 0.15) is 23.0 Å². The average molecular weight is 505 g/mol. The number of aromatic hydroxyl groups is 1. The molecule has 192 valence electrons. The SMILES string of the molecule is C=CC(=O)OCCCCCCOc1ccc(C(=O)Oc2ccc(OC(=O)c3ccc(O)cc3)cc2)cc1. The van der Waals surface area contributed by atoms with Crippen LogP contribution in [0.1, 0.15) is 46.4 Å². The molecule has 0 atom stereocenters. The highest BCUT2D eigenvalue weighted by Gasteiger charge is 2.11. The lowest BCUT2D eigenvalue weighted by molar-refractivity contribution is -0.137. The third-order valence-electron chi connectivity index (χ3n) is 5.16. The standard InChI is InChI=1S/C29H28O8/c1-2-27(31)35-20-6-4-3-5-19-34-24-13-9-22(10-14-24)29(33)37-26-17-15-25(16-18-26)36-28(32)21-7-11-23(30)12-8-21/h2,7-18,30H,1,3-6,19-20H2. The van der Waals surface area contributed by atoms with E-state index in [0.717, 1.165) is 31.8 Å². The molecule has 0 radical (unpaired) electrons. The lowest BCUT2D eigenvalue weighted by atomic mass is 10.2. The van der Waals surface area contributed by atoms with Gasteiger partial charge in [-0.1, -0.05) is 6.58 Å². The van der Waals surface area contributed by atoms with E-state index in [4.69, 9.17) is 18.9 Å². The molecule has 0 aliphatic rings. The van der Waals surface area contributed by atoms with Crippen LogP contribution in [-0.2, 0) is 9.53 Å². The van der Waals surface area contributed by atoms with Crippen molar-refractivity contribution in [1.82, 2.24) is 0 Å². The minimum Gasteiger partial charge on any atom is -0.508 e. The molecule has 37 heavy (non-hydrogen) atoms. The number of hydrogen-bond donors (Lipinski definition) is 1. The number of esters is 3. The van der Waals surface area contributed by atoms with E-state index in [2.05, 4.69) is 6.58 Å². The Kier molecular flexibility index (Phi) is 10.3. The Morgan fingerprint density at radius 1 is 0.649 bits per heavy atom. The average Bonchev–Trinajstić information content (AvgIpc) is 2.91. The number of hydrogen-bond acceptors (Lipinski definition) is 8. The number of rotatable bonds is 13. The summed E-state index contributed by atoms with van der Waals surface area (Å²) >= 11 is 0. The van der Waals surface area contributed by atoms with E-state index in [1.165, 1.54) is 48.5 Å². The Morgan fingerprint density at radius 2 is 1.11 bits per heavy atom. The first-order valence-electron chi connectivity index (χ1n) is 11.8. The predicted octanol–water partition coefficient (Wildman–Crippen LogP) is 5.50. The van der Waals surface area contributed by atoms with Crippen LogP contribution < -0.4 is 14.2 Å². The summed E-state index contributed by atoms with van der Waals surface area (Å²) in [5.41, 5.74) is 0.661. The second kappa shape index (κ2) is 14.1. The molecule has 0 aromatic heterocycles. The van der Waals surface area contributed by atoms with Crippen molar-refractivity contribution in [3.63, 3.8) is 0 Å². The molecule has 0 aliphatic heterocycles. The molecule has 0 bridgehead atoms. The van der Waals surface area contributed by atoms with Crippen LogP contribution in [-0.4, -0.2) is 36.2 Å². The lowest BCUT2D eigenvalue weighted by Gasteiger charge is -2.08. The van der Waals surface area contributed by atoms with Gasteiger partial charge in [0.25, 0.3) is 0 Å². The van der Waals surface area contributed by atoms with Gasteiger partial charge in [-0.25, -0.2) is 14.4 Å². The molecule has 0 fully saturated rings. The van der Waals surface area contributed by atoms with Crippen molar-refractivity contribution in [3.8, 4) is 23.0 Å². The van der Waals surface area contributed by atoms with E-state index >= 15 is 0 Å². The molecule has 3 aromatic carbocycles. The van der Waals surface area contributed by atoms with Crippen LogP contribution in [0.15, 0.2) is 85.5 Å². The highest BCUT2D eigenvalue weighted by Crippen LogP contribution is 2.21. The maximum atomic E-state index is 12.4. The van der Waals surface area contributed by atoms with Crippen molar-refractivity contribution in [1.29, 1.82) is 0 Å². The molecule has 8 nitrogen and oxygen atoms in total. The van der Waals surface area contributed by atoms with E-state index in [1.54, 1.807) is 24.3 Å². The van der Waals surface area contributed by atoms with Crippen LogP contribution >= 0.6 is 0 Å². The number of carbonyl (C=O) groups is 3. The van der Waals surface area contributed by atoms with Gasteiger partial charge in [-0.3, -0.25) is 0 Å². The fraction of sp³-hybridized carbons (Fsp3) is 0.207. The van der Waals surface area contributed by atoms with Crippen molar-refractivity contribution < 1.29 is 38.4 Å². The Morgan fingerprint density at radius 3 is 1.62 bits per heavy atom. The monoisotopic (exact) mass is 504 g/mol. The van der Waals surface area contributed by atoms with E-state index < -0.39 is 17.9 Å². The molecule has 3 aromatic rings. The number of phenols is 1. The van der Waals surface area contributed by atoms with Gasteiger partial charge < -0.3 is 24.1 Å². The van der Waals surface area contributed by atoms with Gasteiger partial charge in [0.2, 0.25) is 0 Å². The predicted molar refractivity (Wildman–Crippen MR) is 136 cm³/mol. The topological polar surface area (TPSA) is 108 Å². The van der Waals surface area contributed by atoms with Crippen molar-refractivity contribution in [2.45, 2.75) is 25.7 Å². The summed E-state index contributed by atoms with van der Waals surface area (Å²) in [6.45, 7) is 4.28. The van der Waals surface area contributed by atoms with Gasteiger partial charge in [0.15, 0.2) is 0 Å². The zero-order chi connectivity index (χ0) is 26.5. The summed E-state index contributed by atoms with van der Waals surface area (Å²) in [5, 5.41) is 9.31. The summed E-state index contributed by atoms with van der Waals surface area (Å²) < 4.78 is 21.3. The highest BCUT2D eigenvalue weighted by atomic mass is 16.5. The van der Waals surface area contributed by atoms with E-state index in [-0.39, 0.29) is 11.5 Å². The Bertz CT molecular complexity index is 1180. The van der Waals surface area contributed by atoms with E-state index in [0.29, 0.717) is 35.8 Å². The van der Waals surface area contributed by atoms with Crippen molar-refractivity contribution in [3.05, 3.63) is 96.6 Å². The summed E-state index contributed by atoms with van der Waals surface area (Å²) in [6.07, 6.45) is 4.69. The fourth-order valence-corrected chi connectivity index (χ4v) is 3.17. The van der Waals surface area contributed by atoms with Crippen LogP contribution in [0.5, 0.6) is 23.0 Å². The third kappa shape index (κ3) is 9.18. The molecule has 0 aliphatic carbocycles. The molecule has 0 unspecified atom stereocenters. The third-order valence-corrected chi connectivity index (χ3v) is 5.16. The van der Waals surface area contributed by atoms with Gasteiger partial charge in [0.05, 0.1) is 24.3 Å². The van der Waals surface area contributed by atoms with Gasteiger partial charge in [0, 0.05) is 6.08 Å². The van der Waals surface area contributed by atoms with Gasteiger partial charge in [-0.05, 0) is 98.5 Å². The maximum absolute atomic E-state index is 12.4. The first-order chi connectivity index (χ1) is 17.9. The maximum Gasteiger partial charge on any atom is 0.343 e. The summed E-state index contributed by atoms with van der Waals surface area (Å²) in [7, 11) is 0. The van der Waals surface area contributed by atoms with Crippen molar-refractivity contribution >= 4 is 17.9 Å². The quantitative estimate of drug-likeness (QED) is 0.141. The van der Waals surface area contributed by atoms with Crippen LogP contribution in [0.4, 0.5) is 0 Å². The fourth-order valence-electron chi connectivity index (χ4n) is 3.17. The molecule has 1 N–H and O–H groups in total. The number of unbranched alkanes of at least 4 members (excludes halogenated alkanes) is 3. The smallest absolute Gasteiger partial charge is 0.343 e. The molecule has 0 saturated heterocycles. The van der Waals surface area contributed by atoms with Gasteiger partial charge in [-0.15, -0.1) is 0 Å². The Labute approximate surface area is 215 Å². The molecule has 8 heteroatoms. The zero-order valence-electron chi connectivity index (χ0n) is 20.3. The molecule has 0 spiro atoms. The summed E-state index contributed by atoms with van der Waals surface area (Å²) in [6, 6.07) is 18.5. The minimum atomic E-state index is -0.571. The van der Waals surface area contributed by atoms with Crippen molar-refractivity contribution in [2.24, 2.45) is 0 Å².